The van der Waals surface area contributed by atoms with Crippen LogP contribution < -0.4 is 26.0 Å². The predicted molar refractivity (Wildman–Crippen MR) is 169 cm³/mol. The van der Waals surface area contributed by atoms with E-state index in [0.29, 0.717) is 49.4 Å². The molecule has 9 nitrogen and oxygen atoms in total. The fraction of sp³-hybridized carbons (Fsp3) is 0.382. The summed E-state index contributed by atoms with van der Waals surface area (Å²) in [5, 5.41) is 6.07. The molecule has 0 unspecified atom stereocenters. The van der Waals surface area contributed by atoms with Crippen molar-refractivity contribution < 1.29 is 23.5 Å². The fourth-order valence-electron chi connectivity index (χ4n) is 5.82. The maximum Gasteiger partial charge on any atom is 0.255 e. The molecule has 3 aromatic rings. The molecule has 0 atom stereocenters. The van der Waals surface area contributed by atoms with Gasteiger partial charge in [-0.3, -0.25) is 14.4 Å². The van der Waals surface area contributed by atoms with Gasteiger partial charge in [-0.25, -0.2) is 4.39 Å². The predicted octanol–water partition coefficient (Wildman–Crippen LogP) is 4.37. The third-order valence-electron chi connectivity index (χ3n) is 8.42. The highest BCUT2D eigenvalue weighted by Crippen LogP contribution is 2.30. The van der Waals surface area contributed by atoms with Crippen LogP contribution in [0.5, 0.6) is 5.75 Å². The van der Waals surface area contributed by atoms with Gasteiger partial charge in [0.25, 0.3) is 11.8 Å². The average Bonchev–Trinajstić information content (AvgIpc) is 3.29. The molecule has 0 aromatic heterocycles. The van der Waals surface area contributed by atoms with E-state index in [1.807, 2.05) is 35.2 Å². The van der Waals surface area contributed by atoms with E-state index in [9.17, 15) is 18.8 Å². The summed E-state index contributed by atoms with van der Waals surface area (Å²) < 4.78 is 18.7. The highest BCUT2D eigenvalue weighted by molar-refractivity contribution is 6.07. The van der Waals surface area contributed by atoms with Crippen molar-refractivity contribution in [2.24, 2.45) is 5.73 Å². The third-order valence-corrected chi connectivity index (χ3v) is 8.42. The lowest BCUT2D eigenvalue weighted by molar-refractivity contribution is -0.130. The molecule has 3 amide bonds. The van der Waals surface area contributed by atoms with Crippen molar-refractivity contribution in [2.75, 3.05) is 43.5 Å². The number of nitrogens with two attached hydrogens (primary N) is 1. The Morgan fingerprint density at radius 2 is 1.57 bits per heavy atom. The van der Waals surface area contributed by atoms with Crippen LogP contribution in [0.1, 0.15) is 58.4 Å². The van der Waals surface area contributed by atoms with Crippen LogP contribution in [0.25, 0.3) is 0 Å². The summed E-state index contributed by atoms with van der Waals surface area (Å²) in [5.41, 5.74) is 8.92. The Kier molecular flexibility index (Phi) is 10.1. The first kappa shape index (κ1) is 31.0. The minimum Gasteiger partial charge on any atom is -0.497 e. The highest BCUT2D eigenvalue weighted by atomic mass is 19.1. The molecule has 2 fully saturated rings. The molecule has 0 spiro atoms. The molecule has 1 saturated heterocycles. The maximum absolute atomic E-state index is 13.5. The van der Waals surface area contributed by atoms with Crippen LogP contribution in [0, 0.1) is 5.82 Å². The van der Waals surface area contributed by atoms with Crippen LogP contribution in [0.4, 0.5) is 15.8 Å². The Morgan fingerprint density at radius 3 is 2.27 bits per heavy atom. The van der Waals surface area contributed by atoms with Gasteiger partial charge in [0.2, 0.25) is 5.91 Å². The number of nitrogens with zero attached hydrogens (tertiary/aromatic N) is 2. The van der Waals surface area contributed by atoms with Gasteiger partial charge in [0.15, 0.2) is 0 Å². The second-order valence-corrected chi connectivity index (χ2v) is 11.5. The zero-order valence-corrected chi connectivity index (χ0v) is 25.1. The van der Waals surface area contributed by atoms with Gasteiger partial charge in [-0.15, -0.1) is 0 Å². The molecule has 0 radical (unpaired) electrons. The summed E-state index contributed by atoms with van der Waals surface area (Å²) in [4.78, 5) is 43.6. The summed E-state index contributed by atoms with van der Waals surface area (Å²) in [7, 11) is 1.61. The van der Waals surface area contributed by atoms with Gasteiger partial charge in [0, 0.05) is 49.4 Å². The number of hydrogen-bond acceptors (Lipinski definition) is 6. The number of nitrogens with one attached hydrogen (secondary N) is 2. The SMILES string of the molecule is COc1ccc(CC(=O)N2CCCN(c3ccc(C(=O)NC4CCC(N)CC4)cc3NC(=O)c3ccc(F)cc3)CC2)cc1. The van der Waals surface area contributed by atoms with Crippen molar-refractivity contribution in [1.29, 1.82) is 0 Å². The van der Waals surface area contributed by atoms with Crippen molar-refractivity contribution in [3.8, 4) is 5.75 Å². The van der Waals surface area contributed by atoms with Crippen LogP contribution in [0.15, 0.2) is 66.7 Å². The van der Waals surface area contributed by atoms with E-state index >= 15 is 0 Å². The van der Waals surface area contributed by atoms with Gasteiger partial charge in [0.05, 0.1) is 24.9 Å². The maximum atomic E-state index is 13.5. The molecular formula is C34H40FN5O4. The van der Waals surface area contributed by atoms with E-state index in [-0.39, 0.29) is 23.9 Å². The first-order valence-corrected chi connectivity index (χ1v) is 15.2. The van der Waals surface area contributed by atoms with E-state index in [0.717, 1.165) is 49.1 Å². The smallest absolute Gasteiger partial charge is 0.255 e. The molecule has 0 bridgehead atoms. The average molecular weight is 602 g/mol. The number of ether oxygens (including phenoxy) is 1. The molecule has 1 saturated carbocycles. The zero-order valence-electron chi connectivity index (χ0n) is 25.1. The fourth-order valence-corrected chi connectivity index (χ4v) is 5.82. The molecule has 44 heavy (non-hydrogen) atoms. The van der Waals surface area contributed by atoms with Gasteiger partial charge in [0.1, 0.15) is 11.6 Å². The molecular weight excluding hydrogens is 561 g/mol. The lowest BCUT2D eigenvalue weighted by Gasteiger charge is -2.28. The van der Waals surface area contributed by atoms with Gasteiger partial charge in [-0.05, 0) is 92.3 Å². The highest BCUT2D eigenvalue weighted by Gasteiger charge is 2.24. The van der Waals surface area contributed by atoms with Crippen LogP contribution in [0.3, 0.4) is 0 Å². The van der Waals surface area contributed by atoms with E-state index in [1.165, 1.54) is 24.3 Å². The second kappa shape index (κ2) is 14.4. The molecule has 5 rings (SSSR count). The van der Waals surface area contributed by atoms with Gasteiger partial charge < -0.3 is 30.9 Å². The van der Waals surface area contributed by atoms with E-state index in [2.05, 4.69) is 15.5 Å². The molecule has 2 aliphatic rings. The minimum absolute atomic E-state index is 0.0533. The summed E-state index contributed by atoms with van der Waals surface area (Å²) in [6.45, 7) is 2.36. The molecule has 1 heterocycles. The molecule has 10 heteroatoms. The number of anilines is 2. The first-order valence-electron chi connectivity index (χ1n) is 15.2. The topological polar surface area (TPSA) is 117 Å². The summed E-state index contributed by atoms with van der Waals surface area (Å²) in [6.07, 6.45) is 4.46. The summed E-state index contributed by atoms with van der Waals surface area (Å²) in [6, 6.07) is 18.4. The number of hydrogen-bond donors (Lipinski definition) is 3. The van der Waals surface area contributed by atoms with Crippen molar-refractivity contribution in [3.05, 3.63) is 89.2 Å². The van der Waals surface area contributed by atoms with Gasteiger partial charge >= 0.3 is 0 Å². The molecule has 232 valence electrons. The Bertz CT molecular complexity index is 1460. The second-order valence-electron chi connectivity index (χ2n) is 11.5. The third kappa shape index (κ3) is 7.93. The van der Waals surface area contributed by atoms with Gasteiger partial charge in [-0.1, -0.05) is 12.1 Å². The van der Waals surface area contributed by atoms with E-state index < -0.39 is 11.7 Å². The monoisotopic (exact) mass is 601 g/mol. The lowest BCUT2D eigenvalue weighted by Crippen LogP contribution is -2.40. The van der Waals surface area contributed by atoms with Crippen LogP contribution in [0.2, 0.25) is 0 Å². The molecule has 1 aliphatic heterocycles. The zero-order chi connectivity index (χ0) is 31.1. The molecule has 4 N–H and O–H groups in total. The summed E-state index contributed by atoms with van der Waals surface area (Å²) in [5.74, 6) is -0.245. The Hall–Kier alpha value is -4.44. The molecule has 1 aliphatic carbocycles. The number of carbonyl (C=O) groups excluding carboxylic acids is 3. The normalized spacial score (nSPS) is 18.7. The van der Waals surface area contributed by atoms with Crippen molar-refractivity contribution in [2.45, 2.75) is 50.6 Å². The van der Waals surface area contributed by atoms with Crippen LogP contribution in [-0.2, 0) is 11.2 Å². The van der Waals surface area contributed by atoms with E-state index in [4.69, 9.17) is 10.5 Å². The molecule has 3 aromatic carbocycles. The van der Waals surface area contributed by atoms with Crippen LogP contribution in [-0.4, -0.2) is 68.0 Å². The number of methoxy groups -OCH3 is 1. The largest absolute Gasteiger partial charge is 0.497 e. The number of carbonyl (C=O) groups is 3. The van der Waals surface area contributed by atoms with Crippen LogP contribution >= 0.6 is 0 Å². The van der Waals surface area contributed by atoms with Gasteiger partial charge in [-0.2, -0.15) is 0 Å². The minimum atomic E-state index is -0.430. The van der Waals surface area contributed by atoms with E-state index in [1.54, 1.807) is 19.2 Å². The summed E-state index contributed by atoms with van der Waals surface area (Å²) >= 11 is 0. The standard InChI is InChI=1S/C34H40FN5O4/c1-44-29-14-3-23(4-15-29)21-32(41)40-18-2-17-39(19-20-40)31-16-7-25(34(43)37-28-12-10-27(36)11-13-28)22-30(31)38-33(42)24-5-8-26(35)9-6-24/h3-9,14-16,22,27-28H,2,10-13,17-21,36H2,1H3,(H,37,43)(H,38,42). The Labute approximate surface area is 257 Å². The van der Waals surface area contributed by atoms with Crippen molar-refractivity contribution >= 4 is 29.1 Å². The quantitative estimate of drug-likeness (QED) is 0.353. The lowest BCUT2D eigenvalue weighted by atomic mass is 9.91. The number of halogens is 1. The number of benzene rings is 3. The number of rotatable bonds is 8. The Morgan fingerprint density at radius 1 is 0.864 bits per heavy atom. The van der Waals surface area contributed by atoms with Crippen molar-refractivity contribution in [3.63, 3.8) is 0 Å². The van der Waals surface area contributed by atoms with Crippen molar-refractivity contribution in [1.82, 2.24) is 10.2 Å². The first-order chi connectivity index (χ1) is 21.3. The Balaban J connectivity index is 1.31. The number of amides is 3.